The third-order valence-corrected chi connectivity index (χ3v) is 9.52. The van der Waals surface area contributed by atoms with Gasteiger partial charge in [-0.25, -0.2) is 6.57 Å². The molecule has 2 aromatic heterocycles. The number of aldehydes is 1. The lowest BCUT2D eigenvalue weighted by molar-refractivity contribution is 0.112. The number of nitrogens with zero attached hydrogens (tertiary/aromatic N) is 3. The molecule has 4 aromatic carbocycles. The number of fused-ring (bicyclic) bond motifs is 4. The van der Waals surface area contributed by atoms with E-state index in [1.807, 2.05) is 18.2 Å². The number of pyridine rings is 2. The number of halogens is 2. The molecule has 59 heavy (non-hydrogen) atoms. The van der Waals surface area contributed by atoms with E-state index in [-0.39, 0.29) is 34.9 Å². The SMILES string of the molecule is COc1cc(C2C(C#N)=C(N)Oc3c2c(=O)[nH]c2ccccc32)cc(Br)c1OC.COc1cc(C=O)cc(Br)c1OC.O=c1cc(O)c2ccccc2[nH]1.[C-]#[N+]CC#N. The van der Waals surface area contributed by atoms with Gasteiger partial charge in [-0.05, 0) is 86.0 Å². The highest BCUT2D eigenvalue weighted by molar-refractivity contribution is 9.11. The zero-order valence-corrected chi connectivity index (χ0v) is 34.9. The molecule has 0 radical (unpaired) electrons. The highest BCUT2D eigenvalue weighted by Gasteiger charge is 2.35. The minimum Gasteiger partial charge on any atom is -0.507 e. The Hall–Kier alpha value is -7.26. The highest BCUT2D eigenvalue weighted by Crippen LogP contribution is 2.46. The lowest BCUT2D eigenvalue weighted by atomic mass is 9.83. The van der Waals surface area contributed by atoms with Crippen LogP contribution in [0.2, 0.25) is 0 Å². The molecule has 1 aliphatic rings. The first-order valence-corrected chi connectivity index (χ1v) is 18.5. The Bertz CT molecular complexity index is 2790. The molecule has 0 saturated carbocycles. The number of rotatable bonds is 6. The number of carbonyl (C=O) groups excluding carboxylic acids is 1. The second-order valence-corrected chi connectivity index (χ2v) is 13.5. The topological polar surface area (TPSA) is 227 Å². The van der Waals surface area contributed by atoms with Crippen LogP contribution in [-0.2, 0) is 0 Å². The first-order valence-electron chi connectivity index (χ1n) is 16.9. The molecule has 0 spiro atoms. The minimum absolute atomic E-state index is 0.0139. The van der Waals surface area contributed by atoms with Crippen LogP contribution in [0.15, 0.2) is 109 Å². The van der Waals surface area contributed by atoms with Crippen molar-refractivity contribution in [1.29, 1.82) is 10.5 Å². The summed E-state index contributed by atoms with van der Waals surface area (Å²) in [4.78, 5) is 42.6. The number of aromatic amines is 2. The molecular weight excluding hydrogens is 892 g/mol. The largest absolute Gasteiger partial charge is 0.507 e. The molecule has 0 amide bonds. The van der Waals surface area contributed by atoms with Gasteiger partial charge < -0.3 is 49.3 Å². The van der Waals surface area contributed by atoms with Gasteiger partial charge in [0.15, 0.2) is 23.0 Å². The quantitative estimate of drug-likeness (QED) is 0.0725. The van der Waals surface area contributed by atoms with Crippen LogP contribution in [0.4, 0.5) is 0 Å². The fraction of sp³-hybridized carbons (Fsp3) is 0.143. The van der Waals surface area contributed by atoms with E-state index in [4.69, 9.17) is 41.3 Å². The van der Waals surface area contributed by atoms with Gasteiger partial charge >= 0.3 is 0 Å². The Morgan fingerprint density at radius 3 is 1.98 bits per heavy atom. The molecule has 6 aromatic rings. The summed E-state index contributed by atoms with van der Waals surface area (Å²) in [5, 5.41) is 28.1. The summed E-state index contributed by atoms with van der Waals surface area (Å²) >= 11 is 6.74. The number of benzene rings is 4. The summed E-state index contributed by atoms with van der Waals surface area (Å²) in [6.07, 6.45) is 0.757. The number of aromatic hydroxyl groups is 1. The third kappa shape index (κ3) is 10.2. The Labute approximate surface area is 353 Å². The summed E-state index contributed by atoms with van der Waals surface area (Å²) < 4.78 is 28.0. The Kier molecular flexibility index (Phi) is 15.7. The van der Waals surface area contributed by atoms with Crippen LogP contribution >= 0.6 is 31.9 Å². The van der Waals surface area contributed by atoms with E-state index in [1.165, 1.54) is 27.4 Å². The number of hydrogen-bond donors (Lipinski definition) is 4. The van der Waals surface area contributed by atoms with Crippen molar-refractivity contribution in [2.24, 2.45) is 5.73 Å². The van der Waals surface area contributed by atoms with Gasteiger partial charge in [0, 0.05) is 22.4 Å². The van der Waals surface area contributed by atoms with Gasteiger partial charge in [0.05, 0.1) is 59.9 Å². The molecule has 0 saturated heterocycles. The number of H-pyrrole nitrogens is 2. The normalized spacial score (nSPS) is 12.2. The predicted octanol–water partition coefficient (Wildman–Crippen LogP) is 7.47. The van der Waals surface area contributed by atoms with E-state index in [0.29, 0.717) is 76.2 Å². The number of methoxy groups -OCH3 is 4. The minimum atomic E-state index is -0.729. The molecular formula is C42H34Br2N6O9. The van der Waals surface area contributed by atoms with Crippen molar-refractivity contribution in [3.8, 4) is 46.6 Å². The van der Waals surface area contributed by atoms with E-state index in [0.717, 1.165) is 6.29 Å². The van der Waals surface area contributed by atoms with Gasteiger partial charge in [0.25, 0.3) is 17.7 Å². The fourth-order valence-electron chi connectivity index (χ4n) is 5.84. The smallest absolute Gasteiger partial charge is 0.298 e. The average molecular weight is 927 g/mol. The number of para-hydroxylation sites is 2. The molecule has 1 aliphatic heterocycles. The van der Waals surface area contributed by atoms with Gasteiger partial charge in [0.1, 0.15) is 35.5 Å². The van der Waals surface area contributed by atoms with E-state index in [1.54, 1.807) is 67.8 Å². The summed E-state index contributed by atoms with van der Waals surface area (Å²) in [5.41, 5.74) is 8.38. The monoisotopic (exact) mass is 924 g/mol. The molecule has 1 unspecified atom stereocenters. The zero-order valence-electron chi connectivity index (χ0n) is 31.8. The lowest BCUT2D eigenvalue weighted by Crippen LogP contribution is -2.28. The van der Waals surface area contributed by atoms with Crippen LogP contribution < -0.4 is 40.5 Å². The molecule has 0 bridgehead atoms. The van der Waals surface area contributed by atoms with Gasteiger partial charge in [-0.1, -0.05) is 24.3 Å². The van der Waals surface area contributed by atoms with Crippen LogP contribution in [0.1, 0.15) is 27.4 Å². The number of aromatic nitrogens is 2. The Morgan fingerprint density at radius 2 is 1.44 bits per heavy atom. The molecule has 7 rings (SSSR count). The lowest BCUT2D eigenvalue weighted by Gasteiger charge is -2.27. The molecule has 17 heteroatoms. The van der Waals surface area contributed by atoms with Crippen molar-refractivity contribution in [1.82, 2.24) is 9.97 Å². The van der Waals surface area contributed by atoms with E-state index in [2.05, 4.69) is 52.7 Å². The number of nitriles is 2. The van der Waals surface area contributed by atoms with Gasteiger partial charge in [-0.15, -0.1) is 0 Å². The second kappa shape index (κ2) is 20.8. The van der Waals surface area contributed by atoms with Crippen molar-refractivity contribution >= 4 is 60.0 Å². The molecule has 15 nitrogen and oxygen atoms in total. The Morgan fingerprint density at radius 1 is 0.864 bits per heavy atom. The average Bonchev–Trinajstić information content (AvgIpc) is 3.23. The van der Waals surface area contributed by atoms with Gasteiger partial charge in [0.2, 0.25) is 5.88 Å². The standard InChI is InChI=1S/C21H16BrN3O4.C9H9BrO3.C9H7NO2.C3H2N2/c1-27-15-8-10(7-13(22)19(15)28-2)16-12(9-23)20(24)29-18-11-5-3-4-6-14(11)25-21(26)17(16)18;1-12-8-4-6(5-11)3-7(10)9(8)13-2;11-8-5-9(12)10-7-4-2-1-3-6(7)8;1-5-3-2-4/h3-8,16H,24H2,1-2H3,(H,25,26);3-5H,1-2H3;1-5H,(H2,10,11,12);3H2. The maximum absolute atomic E-state index is 13.0. The van der Waals surface area contributed by atoms with Crippen molar-refractivity contribution in [2.75, 3.05) is 35.0 Å². The molecule has 300 valence electrons. The number of ether oxygens (including phenoxy) is 5. The van der Waals surface area contributed by atoms with Crippen LogP contribution in [-0.4, -0.2) is 56.3 Å². The molecule has 0 aliphatic carbocycles. The number of allylic oxidation sites excluding steroid dienone is 1. The summed E-state index contributed by atoms with van der Waals surface area (Å²) in [7, 11) is 6.12. The molecule has 1 atom stereocenters. The third-order valence-electron chi connectivity index (χ3n) is 8.34. The number of nitrogens with one attached hydrogen (secondary N) is 2. The summed E-state index contributed by atoms with van der Waals surface area (Å²) in [5.74, 6) is 1.70. The van der Waals surface area contributed by atoms with E-state index >= 15 is 0 Å². The first-order chi connectivity index (χ1) is 28.4. The number of nitrogens with two attached hydrogens (primary N) is 1. The van der Waals surface area contributed by atoms with Gasteiger partial charge in [-0.2, -0.15) is 10.5 Å². The first kappa shape index (κ1) is 44.5. The fourth-order valence-corrected chi connectivity index (χ4v) is 7.08. The molecule has 3 heterocycles. The van der Waals surface area contributed by atoms with E-state index in [9.17, 15) is 24.8 Å². The molecule has 0 fully saturated rings. The van der Waals surface area contributed by atoms with Crippen molar-refractivity contribution in [3.63, 3.8) is 0 Å². The number of carbonyl (C=O) groups is 1. The zero-order chi connectivity index (χ0) is 43.2. The van der Waals surface area contributed by atoms with Crippen LogP contribution in [0.3, 0.4) is 0 Å². The van der Waals surface area contributed by atoms with E-state index < -0.39 is 5.92 Å². The van der Waals surface area contributed by atoms with Crippen molar-refractivity contribution in [3.05, 3.63) is 148 Å². The van der Waals surface area contributed by atoms with Crippen LogP contribution in [0.5, 0.6) is 34.5 Å². The Balaban J connectivity index is 0.000000211. The molecule has 5 N–H and O–H groups in total. The van der Waals surface area contributed by atoms with Crippen LogP contribution in [0, 0.1) is 29.2 Å². The van der Waals surface area contributed by atoms with Crippen molar-refractivity contribution in [2.45, 2.75) is 5.92 Å². The van der Waals surface area contributed by atoms with Gasteiger partial charge in [-0.3, -0.25) is 14.4 Å². The van der Waals surface area contributed by atoms with Crippen LogP contribution in [0.25, 0.3) is 26.7 Å². The second-order valence-electron chi connectivity index (χ2n) is 11.8. The highest BCUT2D eigenvalue weighted by atomic mass is 79.9. The van der Waals surface area contributed by atoms with Crippen molar-refractivity contribution < 1.29 is 33.6 Å². The summed E-state index contributed by atoms with van der Waals surface area (Å²) in [6.45, 7) is 5.99. The summed E-state index contributed by atoms with van der Waals surface area (Å²) in [6, 6.07) is 26.1. The predicted molar refractivity (Wildman–Crippen MR) is 227 cm³/mol. The number of hydrogen-bond acceptors (Lipinski definition) is 12. The maximum Gasteiger partial charge on any atom is 0.298 e. The maximum atomic E-state index is 13.0.